The van der Waals surface area contributed by atoms with Gasteiger partial charge in [-0.1, -0.05) is 24.6 Å². The lowest BCUT2D eigenvalue weighted by atomic mass is 10.0. The largest absolute Gasteiger partial charge is 0.490 e. The van der Waals surface area contributed by atoms with E-state index in [1.165, 1.54) is 5.56 Å². The molecule has 0 aliphatic heterocycles. The second-order valence-corrected chi connectivity index (χ2v) is 9.38. The first-order valence-corrected chi connectivity index (χ1v) is 10.8. The average molecular weight is 409 g/mol. The van der Waals surface area contributed by atoms with Crippen molar-refractivity contribution < 1.29 is 23.5 Å². The first-order chi connectivity index (χ1) is 13.4. The third-order valence-electron chi connectivity index (χ3n) is 5.39. The van der Waals surface area contributed by atoms with Gasteiger partial charge in [0.25, 0.3) is 0 Å². The number of quaternary nitrogens is 1. The van der Waals surface area contributed by atoms with E-state index in [1.807, 2.05) is 19.1 Å². The molecule has 0 amide bonds. The van der Waals surface area contributed by atoms with Gasteiger partial charge in [0, 0.05) is 13.0 Å². The van der Waals surface area contributed by atoms with Gasteiger partial charge in [0.15, 0.2) is 6.54 Å². The summed E-state index contributed by atoms with van der Waals surface area (Å²) in [5.41, 5.74) is 1.00. The Morgan fingerprint density at radius 2 is 1.76 bits per heavy atom. The Hall–Kier alpha value is -1.59. The molecule has 0 fully saturated rings. The standard InChI is InChI=1S/C24H42NO4/c1-9-27-23(26)18-25(7,8)16-15-24(5,6)28-17-14-20(3)21(4)29-22-12-10-19(2)11-13-22/h10-13,20-21H,9,14-18H2,1-8H3/q+1. The predicted molar refractivity (Wildman–Crippen MR) is 118 cm³/mol. The Kier molecular flexibility index (Phi) is 10.1. The molecular weight excluding hydrogens is 366 g/mol. The van der Waals surface area contributed by atoms with E-state index in [0.29, 0.717) is 30.2 Å². The van der Waals surface area contributed by atoms with Gasteiger partial charge < -0.3 is 18.7 Å². The number of carbonyl (C=O) groups excluding carboxylic acids is 1. The Morgan fingerprint density at radius 1 is 1.14 bits per heavy atom. The summed E-state index contributed by atoms with van der Waals surface area (Å²) in [6.45, 7) is 14.8. The van der Waals surface area contributed by atoms with Gasteiger partial charge in [-0.15, -0.1) is 0 Å². The predicted octanol–water partition coefficient (Wildman–Crippen LogP) is 4.61. The van der Waals surface area contributed by atoms with Crippen LogP contribution in [0, 0.1) is 12.8 Å². The van der Waals surface area contributed by atoms with Crippen LogP contribution < -0.4 is 4.74 Å². The monoisotopic (exact) mass is 408 g/mol. The van der Waals surface area contributed by atoms with Crippen LogP contribution in [0.15, 0.2) is 24.3 Å². The molecule has 1 rings (SSSR count). The van der Waals surface area contributed by atoms with E-state index in [0.717, 1.165) is 25.1 Å². The van der Waals surface area contributed by atoms with Crippen molar-refractivity contribution in [1.82, 2.24) is 0 Å². The second-order valence-electron chi connectivity index (χ2n) is 9.38. The van der Waals surface area contributed by atoms with Gasteiger partial charge in [0.2, 0.25) is 0 Å². The second kappa shape index (κ2) is 11.6. The fraction of sp³-hybridized carbons (Fsp3) is 0.708. The summed E-state index contributed by atoms with van der Waals surface area (Å²) >= 11 is 0. The average Bonchev–Trinajstić information content (AvgIpc) is 2.61. The highest BCUT2D eigenvalue weighted by atomic mass is 16.5. The number of ether oxygens (including phenoxy) is 3. The molecule has 0 spiro atoms. The molecule has 0 aromatic heterocycles. The molecule has 0 saturated carbocycles. The summed E-state index contributed by atoms with van der Waals surface area (Å²) in [5.74, 6) is 1.16. The van der Waals surface area contributed by atoms with Crippen molar-refractivity contribution in [1.29, 1.82) is 0 Å². The van der Waals surface area contributed by atoms with E-state index in [4.69, 9.17) is 14.2 Å². The molecule has 0 aliphatic carbocycles. The van der Waals surface area contributed by atoms with Crippen LogP contribution in [0.1, 0.15) is 53.0 Å². The molecule has 2 unspecified atom stereocenters. The first kappa shape index (κ1) is 25.4. The SMILES string of the molecule is CCOC(=O)C[N+](C)(C)CCC(C)(C)OCCC(C)C(C)Oc1ccc(C)cc1. The number of carbonyl (C=O) groups is 1. The van der Waals surface area contributed by atoms with Gasteiger partial charge in [-0.25, -0.2) is 4.79 Å². The summed E-state index contributed by atoms with van der Waals surface area (Å²) in [7, 11) is 4.11. The Balaban J connectivity index is 2.36. The van der Waals surface area contributed by atoms with Gasteiger partial charge in [-0.3, -0.25) is 0 Å². The minimum absolute atomic E-state index is 0.129. The lowest BCUT2D eigenvalue weighted by Crippen LogP contribution is -2.47. The number of esters is 1. The molecule has 0 heterocycles. The van der Waals surface area contributed by atoms with Gasteiger partial charge in [-0.05, 0) is 59.1 Å². The highest BCUT2D eigenvalue weighted by Crippen LogP contribution is 2.21. The molecule has 29 heavy (non-hydrogen) atoms. The first-order valence-electron chi connectivity index (χ1n) is 10.8. The minimum atomic E-state index is -0.231. The van der Waals surface area contributed by atoms with E-state index >= 15 is 0 Å². The maximum Gasteiger partial charge on any atom is 0.361 e. The van der Waals surface area contributed by atoms with Gasteiger partial charge in [-0.2, -0.15) is 0 Å². The number of rotatable bonds is 13. The van der Waals surface area contributed by atoms with Crippen molar-refractivity contribution in [3.05, 3.63) is 29.8 Å². The highest BCUT2D eigenvalue weighted by Gasteiger charge is 2.27. The topological polar surface area (TPSA) is 44.8 Å². The molecular formula is C24H42NO4+. The van der Waals surface area contributed by atoms with Crippen molar-refractivity contribution >= 4 is 5.97 Å². The molecule has 1 aromatic rings. The number of benzene rings is 1. The van der Waals surface area contributed by atoms with Crippen LogP contribution in [-0.4, -0.2) is 62.6 Å². The number of hydrogen-bond acceptors (Lipinski definition) is 4. The number of hydrogen-bond donors (Lipinski definition) is 0. The van der Waals surface area contributed by atoms with Crippen LogP contribution in [0.4, 0.5) is 0 Å². The highest BCUT2D eigenvalue weighted by molar-refractivity contribution is 5.70. The van der Waals surface area contributed by atoms with Gasteiger partial charge in [0.1, 0.15) is 5.75 Å². The minimum Gasteiger partial charge on any atom is -0.490 e. The van der Waals surface area contributed by atoms with Crippen molar-refractivity contribution in [3.63, 3.8) is 0 Å². The molecule has 0 aliphatic rings. The zero-order valence-electron chi connectivity index (χ0n) is 19.8. The number of aryl methyl sites for hydroxylation is 1. The van der Waals surface area contributed by atoms with E-state index in [-0.39, 0.29) is 17.7 Å². The van der Waals surface area contributed by atoms with Crippen molar-refractivity contribution in [2.75, 3.05) is 40.4 Å². The summed E-state index contributed by atoms with van der Waals surface area (Å²) in [6.07, 6.45) is 1.95. The normalized spacial score (nSPS) is 14.3. The zero-order valence-corrected chi connectivity index (χ0v) is 19.8. The molecule has 5 heteroatoms. The van der Waals surface area contributed by atoms with E-state index in [1.54, 1.807) is 0 Å². The summed E-state index contributed by atoms with van der Waals surface area (Å²) in [4.78, 5) is 11.8. The van der Waals surface area contributed by atoms with Crippen LogP contribution >= 0.6 is 0 Å². The van der Waals surface area contributed by atoms with Crippen LogP contribution in [0.5, 0.6) is 5.75 Å². The Labute approximate surface area is 177 Å². The Morgan fingerprint density at radius 3 is 2.34 bits per heavy atom. The number of likely N-dealkylation sites (N-methyl/N-ethyl adjacent to an activating group) is 1. The molecule has 0 N–H and O–H groups in total. The number of nitrogens with zero attached hydrogens (tertiary/aromatic N) is 1. The van der Waals surface area contributed by atoms with Crippen LogP contribution in [0.3, 0.4) is 0 Å². The molecule has 2 atom stereocenters. The van der Waals surface area contributed by atoms with E-state index in [9.17, 15) is 4.79 Å². The molecule has 166 valence electrons. The molecule has 5 nitrogen and oxygen atoms in total. The molecule has 0 bridgehead atoms. The maximum absolute atomic E-state index is 11.8. The molecule has 1 aromatic carbocycles. The van der Waals surface area contributed by atoms with Crippen molar-refractivity contribution in [2.24, 2.45) is 5.92 Å². The maximum atomic E-state index is 11.8. The quantitative estimate of drug-likeness (QED) is 0.353. The Bertz CT molecular complexity index is 610. The van der Waals surface area contributed by atoms with Crippen molar-refractivity contribution in [3.8, 4) is 5.75 Å². The fourth-order valence-electron chi connectivity index (χ4n) is 2.98. The van der Waals surface area contributed by atoms with Crippen molar-refractivity contribution in [2.45, 2.75) is 66.1 Å². The van der Waals surface area contributed by atoms with Crippen LogP contribution in [-0.2, 0) is 14.3 Å². The van der Waals surface area contributed by atoms with E-state index in [2.05, 4.69) is 60.8 Å². The fourth-order valence-corrected chi connectivity index (χ4v) is 2.98. The van der Waals surface area contributed by atoms with E-state index < -0.39 is 0 Å². The smallest absolute Gasteiger partial charge is 0.361 e. The lowest BCUT2D eigenvalue weighted by molar-refractivity contribution is -0.884. The summed E-state index contributed by atoms with van der Waals surface area (Å²) < 4.78 is 17.9. The zero-order chi connectivity index (χ0) is 22.1. The van der Waals surface area contributed by atoms with Gasteiger partial charge in [0.05, 0.1) is 39.0 Å². The third-order valence-corrected chi connectivity index (χ3v) is 5.39. The summed E-state index contributed by atoms with van der Waals surface area (Å²) in [6, 6.07) is 8.18. The third kappa shape index (κ3) is 10.7. The molecule has 0 saturated heterocycles. The van der Waals surface area contributed by atoms with Gasteiger partial charge >= 0.3 is 5.97 Å². The lowest BCUT2D eigenvalue weighted by Gasteiger charge is -2.33. The molecule has 0 radical (unpaired) electrons. The van der Waals surface area contributed by atoms with Crippen LogP contribution in [0.25, 0.3) is 0 Å². The van der Waals surface area contributed by atoms with Crippen LogP contribution in [0.2, 0.25) is 0 Å². The summed E-state index contributed by atoms with van der Waals surface area (Å²) in [5, 5.41) is 0.